The molecule has 4 saturated carbocycles. The van der Waals surface area contributed by atoms with Gasteiger partial charge in [-0.05, 0) is 97.7 Å². The second-order valence-electron chi connectivity index (χ2n) is 12.3. The molecule has 7 heteroatoms. The van der Waals surface area contributed by atoms with Gasteiger partial charge in [-0.3, -0.25) is 4.79 Å². The zero-order valence-corrected chi connectivity index (χ0v) is 21.2. The molecule has 4 aliphatic rings. The topological polar surface area (TPSA) is 113 Å². The average Bonchev–Trinajstić information content (AvgIpc) is 3.16. The molecule has 3 N–H and O–H groups in total. The molecule has 0 aliphatic heterocycles. The molecule has 11 unspecified atom stereocenters. The third kappa shape index (κ3) is 4.30. The number of esters is 2. The third-order valence-corrected chi connectivity index (χ3v) is 10.9. The molecular weight excluding hydrogens is 436 g/mol. The number of aliphatic hydroxyl groups is 3. The van der Waals surface area contributed by atoms with Crippen LogP contribution in [0.3, 0.4) is 0 Å². The Kier molecular flexibility index (Phi) is 7.39. The van der Waals surface area contributed by atoms with Crippen LogP contribution >= 0.6 is 0 Å². The minimum Gasteiger partial charge on any atom is -0.466 e. The van der Waals surface area contributed by atoms with E-state index in [1.54, 1.807) is 0 Å². The highest BCUT2D eigenvalue weighted by Gasteiger charge is 2.65. The highest BCUT2D eigenvalue weighted by molar-refractivity contribution is 5.76. The maximum Gasteiger partial charge on any atom is 0.344 e. The van der Waals surface area contributed by atoms with Gasteiger partial charge in [0.15, 0.2) is 6.61 Å². The minimum absolute atomic E-state index is 0.0680. The van der Waals surface area contributed by atoms with Crippen molar-refractivity contribution >= 4 is 11.9 Å². The number of fused-ring (bicyclic) bond motifs is 5. The molecule has 7 nitrogen and oxygen atoms in total. The number of rotatable bonds is 6. The summed E-state index contributed by atoms with van der Waals surface area (Å²) in [6.07, 6.45) is 5.80. The predicted molar refractivity (Wildman–Crippen MR) is 125 cm³/mol. The van der Waals surface area contributed by atoms with Crippen molar-refractivity contribution in [2.75, 3.05) is 13.7 Å². The number of aliphatic hydroxyl groups excluding tert-OH is 3. The van der Waals surface area contributed by atoms with Crippen LogP contribution < -0.4 is 0 Å². The monoisotopic (exact) mass is 480 g/mol. The summed E-state index contributed by atoms with van der Waals surface area (Å²) in [7, 11) is 1.26. The first-order valence-electron chi connectivity index (χ1n) is 13.3. The van der Waals surface area contributed by atoms with Crippen LogP contribution in [0.5, 0.6) is 0 Å². The van der Waals surface area contributed by atoms with Crippen molar-refractivity contribution in [3.8, 4) is 0 Å². The van der Waals surface area contributed by atoms with Crippen molar-refractivity contribution in [1.29, 1.82) is 0 Å². The highest BCUT2D eigenvalue weighted by atomic mass is 16.6. The van der Waals surface area contributed by atoms with Crippen LogP contribution in [0.15, 0.2) is 0 Å². The van der Waals surface area contributed by atoms with Crippen LogP contribution in [-0.2, 0) is 19.1 Å². The van der Waals surface area contributed by atoms with E-state index in [4.69, 9.17) is 4.74 Å². The number of ether oxygens (including phenoxy) is 2. The van der Waals surface area contributed by atoms with Gasteiger partial charge in [-0.2, -0.15) is 0 Å². The third-order valence-electron chi connectivity index (χ3n) is 10.9. The molecule has 11 atom stereocenters. The van der Waals surface area contributed by atoms with E-state index in [0.717, 1.165) is 38.5 Å². The average molecular weight is 481 g/mol. The van der Waals surface area contributed by atoms with Crippen LogP contribution in [0, 0.1) is 46.3 Å². The Bertz CT molecular complexity index is 770. The number of hydrogen-bond donors (Lipinski definition) is 3. The lowest BCUT2D eigenvalue weighted by molar-refractivity contribution is -0.207. The van der Waals surface area contributed by atoms with E-state index < -0.39 is 18.0 Å². The Labute approximate surface area is 203 Å². The Balaban J connectivity index is 1.46. The zero-order valence-electron chi connectivity index (χ0n) is 21.2. The van der Waals surface area contributed by atoms with E-state index in [2.05, 4.69) is 25.5 Å². The minimum atomic E-state index is -0.568. The lowest BCUT2D eigenvalue weighted by Gasteiger charge is -2.63. The SMILES string of the molecule is COC(=O)COC(=O)CCC(C)C1CCC2C3C(O)CC4CC(O)CCC4(C)C3CC(O)C12C. The van der Waals surface area contributed by atoms with Gasteiger partial charge in [-0.15, -0.1) is 0 Å². The van der Waals surface area contributed by atoms with Crippen molar-refractivity contribution < 1.29 is 34.4 Å². The van der Waals surface area contributed by atoms with Crippen LogP contribution in [-0.4, -0.2) is 59.3 Å². The maximum atomic E-state index is 12.1. The van der Waals surface area contributed by atoms with E-state index in [1.165, 1.54) is 7.11 Å². The standard InChI is InChI=1S/C27H44O7/c1-15(5-8-23(31)34-14-24(32)33-4)18-6-7-19-25-20(13-22(30)27(18,19)3)26(2)10-9-17(28)11-16(26)12-21(25)29/h15-22,25,28-30H,5-14H2,1-4H3. The molecule has 0 radical (unpaired) electrons. The number of hydrogen-bond acceptors (Lipinski definition) is 7. The first-order chi connectivity index (χ1) is 16.0. The summed E-state index contributed by atoms with van der Waals surface area (Å²) in [6.45, 7) is 6.36. The molecule has 4 rings (SSSR count). The lowest BCUT2D eigenvalue weighted by atomic mass is 9.43. The Hall–Kier alpha value is -1.18. The van der Waals surface area contributed by atoms with Crippen molar-refractivity contribution in [3.05, 3.63) is 0 Å². The largest absolute Gasteiger partial charge is 0.466 e. The van der Waals surface area contributed by atoms with Gasteiger partial charge in [0.25, 0.3) is 0 Å². The fourth-order valence-corrected chi connectivity index (χ4v) is 8.95. The molecule has 4 aliphatic carbocycles. The van der Waals surface area contributed by atoms with Gasteiger partial charge in [0.2, 0.25) is 0 Å². The summed E-state index contributed by atoms with van der Waals surface area (Å²) < 4.78 is 9.51. The van der Waals surface area contributed by atoms with E-state index in [-0.39, 0.29) is 65.7 Å². The molecule has 194 valence electrons. The summed E-state index contributed by atoms with van der Waals surface area (Å²) in [5.41, 5.74) is -0.215. The number of methoxy groups -OCH3 is 1. The Morgan fingerprint density at radius 2 is 1.74 bits per heavy atom. The molecule has 0 amide bonds. The fourth-order valence-electron chi connectivity index (χ4n) is 8.95. The highest BCUT2D eigenvalue weighted by Crippen LogP contribution is 2.68. The van der Waals surface area contributed by atoms with Crippen molar-refractivity contribution in [1.82, 2.24) is 0 Å². The van der Waals surface area contributed by atoms with Gasteiger partial charge in [0.05, 0.1) is 25.4 Å². The summed E-state index contributed by atoms with van der Waals surface area (Å²) in [5.74, 6) is 0.574. The van der Waals surface area contributed by atoms with Gasteiger partial charge in [-0.25, -0.2) is 4.79 Å². The molecular formula is C27H44O7. The summed E-state index contributed by atoms with van der Waals surface area (Å²) in [6, 6.07) is 0. The molecule has 0 bridgehead atoms. The summed E-state index contributed by atoms with van der Waals surface area (Å²) in [5, 5.41) is 33.2. The molecule has 4 fully saturated rings. The molecule has 0 spiro atoms. The van der Waals surface area contributed by atoms with Crippen LogP contribution in [0.2, 0.25) is 0 Å². The number of carbonyl (C=O) groups excluding carboxylic acids is 2. The first kappa shape index (κ1) is 25.9. The molecule has 34 heavy (non-hydrogen) atoms. The van der Waals surface area contributed by atoms with E-state index in [1.807, 2.05) is 0 Å². The molecule has 0 aromatic heterocycles. The summed E-state index contributed by atoms with van der Waals surface area (Å²) >= 11 is 0. The molecule has 0 aromatic carbocycles. The van der Waals surface area contributed by atoms with Crippen molar-refractivity contribution in [2.45, 2.75) is 96.9 Å². The molecule has 0 saturated heterocycles. The first-order valence-corrected chi connectivity index (χ1v) is 13.3. The van der Waals surface area contributed by atoms with Crippen LogP contribution in [0.1, 0.15) is 78.6 Å². The van der Waals surface area contributed by atoms with Gasteiger partial charge in [-0.1, -0.05) is 20.8 Å². The normalized spacial score (nSPS) is 46.6. The van der Waals surface area contributed by atoms with Crippen LogP contribution in [0.4, 0.5) is 0 Å². The maximum absolute atomic E-state index is 12.1. The number of carbonyl (C=O) groups is 2. The smallest absolute Gasteiger partial charge is 0.344 e. The Morgan fingerprint density at radius 3 is 2.44 bits per heavy atom. The summed E-state index contributed by atoms with van der Waals surface area (Å²) in [4.78, 5) is 23.3. The van der Waals surface area contributed by atoms with E-state index in [0.29, 0.717) is 18.8 Å². The van der Waals surface area contributed by atoms with E-state index >= 15 is 0 Å². The van der Waals surface area contributed by atoms with E-state index in [9.17, 15) is 24.9 Å². The lowest BCUT2D eigenvalue weighted by Crippen LogP contribution is -2.62. The van der Waals surface area contributed by atoms with Crippen molar-refractivity contribution in [2.24, 2.45) is 46.3 Å². The predicted octanol–water partition coefficient (Wildman–Crippen LogP) is 3.08. The van der Waals surface area contributed by atoms with Crippen LogP contribution in [0.25, 0.3) is 0 Å². The van der Waals surface area contributed by atoms with Gasteiger partial charge < -0.3 is 24.8 Å². The van der Waals surface area contributed by atoms with Gasteiger partial charge >= 0.3 is 11.9 Å². The fraction of sp³-hybridized carbons (Fsp3) is 0.926. The Morgan fingerprint density at radius 1 is 1.00 bits per heavy atom. The second kappa shape index (κ2) is 9.70. The second-order valence-corrected chi connectivity index (χ2v) is 12.3. The van der Waals surface area contributed by atoms with Crippen molar-refractivity contribution in [3.63, 3.8) is 0 Å². The molecule has 0 heterocycles. The zero-order chi connectivity index (χ0) is 24.8. The van der Waals surface area contributed by atoms with Gasteiger partial charge in [0, 0.05) is 6.42 Å². The van der Waals surface area contributed by atoms with Gasteiger partial charge in [0.1, 0.15) is 0 Å². The molecule has 0 aromatic rings. The quantitative estimate of drug-likeness (QED) is 0.501.